The normalized spacial score (nSPS) is 11.2. The molecule has 0 heterocycles. The Balaban J connectivity index is 1.89. The van der Waals surface area contributed by atoms with Gasteiger partial charge in [0.2, 0.25) is 0 Å². The predicted octanol–water partition coefficient (Wildman–Crippen LogP) is 3.15. The van der Waals surface area contributed by atoms with Gasteiger partial charge in [0.15, 0.2) is 6.61 Å². The first-order valence-electron chi connectivity index (χ1n) is 7.03. The number of amides is 1. The van der Waals surface area contributed by atoms with Crippen LogP contribution < -0.4 is 15.9 Å². The summed E-state index contributed by atoms with van der Waals surface area (Å²) < 4.78 is 5.45. The first kappa shape index (κ1) is 16.8. The van der Waals surface area contributed by atoms with Gasteiger partial charge in [-0.05, 0) is 55.3 Å². The second kappa shape index (κ2) is 7.65. The first-order chi connectivity index (χ1) is 11.0. The van der Waals surface area contributed by atoms with Crippen LogP contribution >= 0.6 is 11.6 Å². The maximum atomic E-state index is 11.8. The predicted molar refractivity (Wildman–Crippen MR) is 92.9 cm³/mol. The van der Waals surface area contributed by atoms with Gasteiger partial charge in [0.25, 0.3) is 5.91 Å². The Bertz CT molecular complexity index is 727. The summed E-state index contributed by atoms with van der Waals surface area (Å²) in [6, 6.07) is 12.5. The third-order valence-electron chi connectivity index (χ3n) is 3.17. The maximum Gasteiger partial charge on any atom is 0.277 e. The summed E-state index contributed by atoms with van der Waals surface area (Å²) in [6.07, 6.45) is 0. The number of benzene rings is 2. The minimum Gasteiger partial charge on any atom is -0.483 e. The Morgan fingerprint density at radius 3 is 2.61 bits per heavy atom. The largest absolute Gasteiger partial charge is 0.483 e. The van der Waals surface area contributed by atoms with Crippen molar-refractivity contribution >= 4 is 28.9 Å². The maximum absolute atomic E-state index is 11.8. The van der Waals surface area contributed by atoms with E-state index in [4.69, 9.17) is 22.1 Å². The van der Waals surface area contributed by atoms with Gasteiger partial charge in [0.1, 0.15) is 5.75 Å². The molecule has 0 aliphatic carbocycles. The fourth-order valence-electron chi connectivity index (χ4n) is 1.89. The fourth-order valence-corrected chi connectivity index (χ4v) is 2.11. The number of aryl methyl sites for hydroxylation is 1. The van der Waals surface area contributed by atoms with E-state index in [1.807, 2.05) is 19.1 Å². The van der Waals surface area contributed by atoms with E-state index in [0.29, 0.717) is 22.2 Å². The quantitative estimate of drug-likeness (QED) is 0.502. The molecule has 3 N–H and O–H groups in total. The molecule has 0 fully saturated rings. The number of nitrogen functional groups attached to an aromatic ring is 1. The first-order valence-corrected chi connectivity index (χ1v) is 7.41. The fraction of sp³-hybridized carbons (Fsp3) is 0.176. The lowest BCUT2D eigenvalue weighted by molar-refractivity contribution is -0.123. The number of rotatable bonds is 5. The van der Waals surface area contributed by atoms with Crippen molar-refractivity contribution in [2.45, 2.75) is 13.8 Å². The smallest absolute Gasteiger partial charge is 0.277 e. The Hall–Kier alpha value is -2.53. The number of carbonyl (C=O) groups is 1. The van der Waals surface area contributed by atoms with E-state index in [-0.39, 0.29) is 12.5 Å². The van der Waals surface area contributed by atoms with Crippen molar-refractivity contribution in [2.24, 2.45) is 5.10 Å². The molecule has 0 spiro atoms. The third-order valence-corrected chi connectivity index (χ3v) is 3.41. The summed E-state index contributed by atoms with van der Waals surface area (Å²) in [7, 11) is 0. The molecule has 1 amide bonds. The zero-order chi connectivity index (χ0) is 16.8. The van der Waals surface area contributed by atoms with E-state index < -0.39 is 0 Å². The Labute approximate surface area is 140 Å². The molecule has 0 saturated carbocycles. The number of hydrogen-bond donors (Lipinski definition) is 2. The summed E-state index contributed by atoms with van der Waals surface area (Å²) in [4.78, 5) is 11.8. The SMILES string of the molecule is CC(=NNC(=O)COc1ccc(Cl)cc1C)c1ccc(N)cc1. The van der Waals surface area contributed by atoms with Gasteiger partial charge < -0.3 is 10.5 Å². The summed E-state index contributed by atoms with van der Waals surface area (Å²) in [6.45, 7) is 3.54. The number of nitrogens with zero attached hydrogens (tertiary/aromatic N) is 1. The van der Waals surface area contributed by atoms with E-state index in [1.54, 1.807) is 37.3 Å². The minimum atomic E-state index is -0.339. The van der Waals surface area contributed by atoms with Crippen LogP contribution in [0.15, 0.2) is 47.6 Å². The lowest BCUT2D eigenvalue weighted by Gasteiger charge is -2.08. The molecule has 2 rings (SSSR count). The molecule has 120 valence electrons. The van der Waals surface area contributed by atoms with Gasteiger partial charge in [0, 0.05) is 10.7 Å². The highest BCUT2D eigenvalue weighted by Gasteiger charge is 2.05. The number of hydrogen-bond acceptors (Lipinski definition) is 4. The van der Waals surface area contributed by atoms with Crippen molar-refractivity contribution in [2.75, 3.05) is 12.3 Å². The van der Waals surface area contributed by atoms with Gasteiger partial charge in [-0.1, -0.05) is 23.7 Å². The zero-order valence-corrected chi connectivity index (χ0v) is 13.7. The molecule has 0 radical (unpaired) electrons. The average molecular weight is 332 g/mol. The number of nitrogens with one attached hydrogen (secondary N) is 1. The van der Waals surface area contributed by atoms with Crippen LogP contribution in [0.1, 0.15) is 18.1 Å². The van der Waals surface area contributed by atoms with Gasteiger partial charge in [-0.2, -0.15) is 5.10 Å². The van der Waals surface area contributed by atoms with Crippen LogP contribution in [0, 0.1) is 6.92 Å². The molecule has 0 atom stereocenters. The number of hydrazone groups is 1. The van der Waals surface area contributed by atoms with Crippen molar-refractivity contribution in [3.8, 4) is 5.75 Å². The van der Waals surface area contributed by atoms with Crippen LogP contribution in [-0.4, -0.2) is 18.2 Å². The number of ether oxygens (including phenoxy) is 1. The highest BCUT2D eigenvalue weighted by Crippen LogP contribution is 2.21. The Morgan fingerprint density at radius 2 is 1.96 bits per heavy atom. The molecule has 2 aromatic carbocycles. The number of anilines is 1. The van der Waals surface area contributed by atoms with Gasteiger partial charge in [0.05, 0.1) is 5.71 Å². The topological polar surface area (TPSA) is 76.7 Å². The lowest BCUT2D eigenvalue weighted by atomic mass is 10.1. The summed E-state index contributed by atoms with van der Waals surface area (Å²) in [5.41, 5.74) is 11.2. The summed E-state index contributed by atoms with van der Waals surface area (Å²) in [5, 5.41) is 4.68. The molecule has 0 aliphatic heterocycles. The van der Waals surface area contributed by atoms with Gasteiger partial charge in [-0.3, -0.25) is 4.79 Å². The molecule has 23 heavy (non-hydrogen) atoms. The highest BCUT2D eigenvalue weighted by atomic mass is 35.5. The third kappa shape index (κ3) is 5.00. The van der Waals surface area contributed by atoms with Crippen LogP contribution in [-0.2, 0) is 4.79 Å². The molecule has 0 bridgehead atoms. The number of nitrogens with two attached hydrogens (primary N) is 1. The van der Waals surface area contributed by atoms with Crippen molar-refractivity contribution in [1.29, 1.82) is 0 Å². The number of carbonyl (C=O) groups excluding carboxylic acids is 1. The Kier molecular flexibility index (Phi) is 5.60. The molecule has 0 unspecified atom stereocenters. The van der Waals surface area contributed by atoms with E-state index in [2.05, 4.69) is 10.5 Å². The van der Waals surface area contributed by atoms with Crippen LogP contribution in [0.2, 0.25) is 5.02 Å². The zero-order valence-electron chi connectivity index (χ0n) is 13.0. The van der Waals surface area contributed by atoms with Crippen molar-refractivity contribution in [3.63, 3.8) is 0 Å². The van der Waals surface area contributed by atoms with E-state index in [9.17, 15) is 4.79 Å². The second-order valence-electron chi connectivity index (χ2n) is 5.05. The molecule has 5 nitrogen and oxygen atoms in total. The van der Waals surface area contributed by atoms with Gasteiger partial charge in [-0.15, -0.1) is 0 Å². The van der Waals surface area contributed by atoms with Crippen molar-refractivity contribution in [3.05, 3.63) is 58.6 Å². The molecular weight excluding hydrogens is 314 g/mol. The van der Waals surface area contributed by atoms with Gasteiger partial charge >= 0.3 is 0 Å². The van der Waals surface area contributed by atoms with Crippen LogP contribution in [0.25, 0.3) is 0 Å². The van der Waals surface area contributed by atoms with Crippen LogP contribution in [0.5, 0.6) is 5.75 Å². The number of halogens is 1. The van der Waals surface area contributed by atoms with Crippen molar-refractivity contribution in [1.82, 2.24) is 5.43 Å². The molecular formula is C17H18ClN3O2. The van der Waals surface area contributed by atoms with Gasteiger partial charge in [-0.25, -0.2) is 5.43 Å². The van der Waals surface area contributed by atoms with E-state index in [1.165, 1.54) is 0 Å². The summed E-state index contributed by atoms with van der Waals surface area (Å²) >= 11 is 5.87. The molecule has 0 saturated heterocycles. The van der Waals surface area contributed by atoms with E-state index >= 15 is 0 Å². The summed E-state index contributed by atoms with van der Waals surface area (Å²) in [5.74, 6) is 0.276. The second-order valence-corrected chi connectivity index (χ2v) is 5.49. The molecule has 2 aromatic rings. The molecule has 6 heteroatoms. The Morgan fingerprint density at radius 1 is 1.26 bits per heavy atom. The highest BCUT2D eigenvalue weighted by molar-refractivity contribution is 6.30. The average Bonchev–Trinajstić information content (AvgIpc) is 2.52. The van der Waals surface area contributed by atoms with E-state index in [0.717, 1.165) is 11.1 Å². The molecule has 0 aromatic heterocycles. The monoisotopic (exact) mass is 331 g/mol. The van der Waals surface area contributed by atoms with Crippen molar-refractivity contribution < 1.29 is 9.53 Å². The minimum absolute atomic E-state index is 0.124. The lowest BCUT2D eigenvalue weighted by Crippen LogP contribution is -2.25. The van der Waals surface area contributed by atoms with Crippen LogP contribution in [0.4, 0.5) is 5.69 Å². The molecule has 0 aliphatic rings. The standard InChI is InChI=1S/C17H18ClN3O2/c1-11-9-14(18)5-8-16(11)23-10-17(22)21-20-12(2)13-3-6-15(19)7-4-13/h3-9H,10,19H2,1-2H3,(H,21,22). The van der Waals surface area contributed by atoms with Crippen LogP contribution in [0.3, 0.4) is 0 Å².